The Morgan fingerprint density at radius 3 is 2.45 bits per heavy atom. The van der Waals surface area contributed by atoms with Crippen LogP contribution in [-0.4, -0.2) is 60.6 Å². The van der Waals surface area contributed by atoms with Gasteiger partial charge in [-0.25, -0.2) is 4.79 Å². The Morgan fingerprint density at radius 1 is 1.12 bits per heavy atom. The van der Waals surface area contributed by atoms with Gasteiger partial charge >= 0.3 is 5.97 Å². The highest BCUT2D eigenvalue weighted by molar-refractivity contribution is 7.98. The van der Waals surface area contributed by atoms with Crippen molar-refractivity contribution in [3.63, 3.8) is 0 Å². The van der Waals surface area contributed by atoms with E-state index in [1.165, 1.54) is 4.90 Å². The van der Waals surface area contributed by atoms with E-state index in [0.29, 0.717) is 24.4 Å². The van der Waals surface area contributed by atoms with Crippen LogP contribution in [0.4, 0.5) is 0 Å². The standard InChI is InChI=1S/C24H29N5O3S/c1-3-4-9-22(30)29(21(24(31)32)14-15-33-2)16-17-10-12-18(13-11-17)19-7-5-6-8-20(19)23-25-27-28-26-23/h5-8,10-13,21H,3-4,9,14-16H2,1-2H3,(H,31,32)(H,25,26,27,28). The molecule has 3 aromatic rings. The van der Waals surface area contributed by atoms with Crippen molar-refractivity contribution in [2.24, 2.45) is 0 Å². The quantitative estimate of drug-likeness (QED) is 0.409. The summed E-state index contributed by atoms with van der Waals surface area (Å²) in [6, 6.07) is 14.8. The molecule has 0 aliphatic heterocycles. The Kier molecular flexibility index (Phi) is 9.00. The first-order valence-corrected chi connectivity index (χ1v) is 12.4. The van der Waals surface area contributed by atoms with Crippen LogP contribution >= 0.6 is 11.8 Å². The smallest absolute Gasteiger partial charge is 0.326 e. The molecule has 0 bridgehead atoms. The van der Waals surface area contributed by atoms with Crippen LogP contribution in [0.1, 0.15) is 38.2 Å². The van der Waals surface area contributed by atoms with E-state index in [9.17, 15) is 14.7 Å². The maximum atomic E-state index is 12.9. The van der Waals surface area contributed by atoms with Crippen LogP contribution in [0.2, 0.25) is 0 Å². The first kappa shape index (κ1) is 24.4. The SMILES string of the molecule is CCCCC(=O)N(Cc1ccc(-c2ccccc2-c2nn[nH]n2)cc1)C(CCSC)C(=O)O. The minimum atomic E-state index is -0.959. The molecule has 0 fully saturated rings. The number of amides is 1. The van der Waals surface area contributed by atoms with Gasteiger partial charge in [-0.2, -0.15) is 17.0 Å². The lowest BCUT2D eigenvalue weighted by molar-refractivity contribution is -0.151. The summed E-state index contributed by atoms with van der Waals surface area (Å²) < 4.78 is 0. The lowest BCUT2D eigenvalue weighted by atomic mass is 9.98. The number of thioether (sulfide) groups is 1. The molecule has 1 atom stereocenters. The molecular weight excluding hydrogens is 438 g/mol. The molecule has 2 aromatic carbocycles. The minimum Gasteiger partial charge on any atom is -0.480 e. The van der Waals surface area contributed by atoms with E-state index in [1.54, 1.807) is 11.8 Å². The van der Waals surface area contributed by atoms with E-state index in [2.05, 4.69) is 20.6 Å². The molecular formula is C24H29N5O3S. The van der Waals surface area contributed by atoms with Gasteiger partial charge in [-0.1, -0.05) is 61.9 Å². The Labute approximate surface area is 197 Å². The van der Waals surface area contributed by atoms with Crippen LogP contribution < -0.4 is 0 Å². The zero-order valence-electron chi connectivity index (χ0n) is 18.9. The number of nitrogens with zero attached hydrogens (tertiary/aromatic N) is 4. The predicted molar refractivity (Wildman–Crippen MR) is 130 cm³/mol. The number of hydrogen-bond acceptors (Lipinski definition) is 6. The Bertz CT molecular complexity index is 1040. The second-order valence-corrected chi connectivity index (χ2v) is 8.72. The fraction of sp³-hybridized carbons (Fsp3) is 0.375. The summed E-state index contributed by atoms with van der Waals surface area (Å²) in [5.41, 5.74) is 3.68. The number of unbranched alkanes of at least 4 members (excludes halogenated alkanes) is 1. The number of carbonyl (C=O) groups is 2. The van der Waals surface area contributed by atoms with Gasteiger partial charge in [-0.05, 0) is 46.8 Å². The van der Waals surface area contributed by atoms with E-state index >= 15 is 0 Å². The Morgan fingerprint density at radius 2 is 1.85 bits per heavy atom. The van der Waals surface area contributed by atoms with Crippen LogP contribution in [0.15, 0.2) is 48.5 Å². The highest BCUT2D eigenvalue weighted by Crippen LogP contribution is 2.30. The second-order valence-electron chi connectivity index (χ2n) is 7.74. The molecule has 3 rings (SSSR count). The number of H-pyrrole nitrogens is 1. The molecule has 1 aromatic heterocycles. The van der Waals surface area contributed by atoms with Crippen molar-refractivity contribution in [3.8, 4) is 22.5 Å². The number of carboxylic acids is 1. The third-order valence-corrected chi connectivity index (χ3v) is 6.10. The van der Waals surface area contributed by atoms with Gasteiger partial charge in [-0.15, -0.1) is 10.2 Å². The molecule has 8 nitrogen and oxygen atoms in total. The van der Waals surface area contributed by atoms with Crippen molar-refractivity contribution in [2.45, 2.75) is 45.2 Å². The van der Waals surface area contributed by atoms with Gasteiger partial charge in [-0.3, -0.25) is 4.79 Å². The molecule has 1 amide bonds. The number of aliphatic carboxylic acids is 1. The average Bonchev–Trinajstić information content (AvgIpc) is 3.37. The molecule has 0 spiro atoms. The number of tetrazole rings is 1. The number of hydrogen-bond donors (Lipinski definition) is 2. The van der Waals surface area contributed by atoms with Crippen LogP contribution in [0.25, 0.3) is 22.5 Å². The number of benzene rings is 2. The maximum absolute atomic E-state index is 12.9. The molecule has 0 saturated heterocycles. The fourth-order valence-electron chi connectivity index (χ4n) is 3.68. The van der Waals surface area contributed by atoms with Crippen molar-refractivity contribution in [2.75, 3.05) is 12.0 Å². The Hall–Kier alpha value is -3.20. The topological polar surface area (TPSA) is 112 Å². The number of carboxylic acid groups (broad SMARTS) is 1. The Balaban J connectivity index is 1.85. The third kappa shape index (κ3) is 6.41. The summed E-state index contributed by atoms with van der Waals surface area (Å²) >= 11 is 1.58. The highest BCUT2D eigenvalue weighted by atomic mass is 32.2. The van der Waals surface area contributed by atoms with Gasteiger partial charge < -0.3 is 10.0 Å². The maximum Gasteiger partial charge on any atom is 0.326 e. The van der Waals surface area contributed by atoms with E-state index < -0.39 is 12.0 Å². The number of rotatable bonds is 12. The van der Waals surface area contributed by atoms with Gasteiger partial charge in [0.25, 0.3) is 0 Å². The zero-order valence-corrected chi connectivity index (χ0v) is 19.7. The number of nitrogens with one attached hydrogen (secondary N) is 1. The van der Waals surface area contributed by atoms with E-state index in [0.717, 1.165) is 35.1 Å². The summed E-state index contributed by atoms with van der Waals surface area (Å²) in [5, 5.41) is 24.1. The van der Waals surface area contributed by atoms with Crippen LogP contribution in [-0.2, 0) is 16.1 Å². The molecule has 1 heterocycles. The molecule has 0 saturated carbocycles. The van der Waals surface area contributed by atoms with Crippen LogP contribution in [0.3, 0.4) is 0 Å². The van der Waals surface area contributed by atoms with Crippen molar-refractivity contribution < 1.29 is 14.7 Å². The first-order chi connectivity index (χ1) is 16.0. The highest BCUT2D eigenvalue weighted by Gasteiger charge is 2.29. The molecule has 174 valence electrons. The lowest BCUT2D eigenvalue weighted by Crippen LogP contribution is -2.45. The van der Waals surface area contributed by atoms with E-state index in [1.807, 2.05) is 61.7 Å². The molecule has 0 aliphatic carbocycles. The molecule has 2 N–H and O–H groups in total. The summed E-state index contributed by atoms with van der Waals surface area (Å²) in [6.07, 6.45) is 4.35. The van der Waals surface area contributed by atoms with E-state index in [-0.39, 0.29) is 12.5 Å². The second kappa shape index (κ2) is 12.2. The summed E-state index contributed by atoms with van der Waals surface area (Å²) in [7, 11) is 0. The number of aromatic nitrogens is 4. The minimum absolute atomic E-state index is 0.114. The third-order valence-electron chi connectivity index (χ3n) is 5.45. The summed E-state index contributed by atoms with van der Waals surface area (Å²) in [5.74, 6) is 0.122. The molecule has 1 unspecified atom stereocenters. The van der Waals surface area contributed by atoms with Crippen LogP contribution in [0.5, 0.6) is 0 Å². The van der Waals surface area contributed by atoms with Crippen LogP contribution in [0, 0.1) is 0 Å². The number of carbonyl (C=O) groups excluding carboxylic acids is 1. The van der Waals surface area contributed by atoms with Gasteiger partial charge in [0.15, 0.2) is 0 Å². The van der Waals surface area contributed by atoms with Gasteiger partial charge in [0.2, 0.25) is 11.7 Å². The molecule has 0 aliphatic rings. The lowest BCUT2D eigenvalue weighted by Gasteiger charge is -2.29. The van der Waals surface area contributed by atoms with Crippen molar-refractivity contribution in [1.29, 1.82) is 0 Å². The monoisotopic (exact) mass is 467 g/mol. The fourth-order valence-corrected chi connectivity index (χ4v) is 4.14. The van der Waals surface area contributed by atoms with Gasteiger partial charge in [0, 0.05) is 18.5 Å². The first-order valence-electron chi connectivity index (χ1n) is 11.0. The normalized spacial score (nSPS) is 11.8. The predicted octanol–water partition coefficient (Wildman–Crippen LogP) is 4.26. The van der Waals surface area contributed by atoms with Crippen molar-refractivity contribution in [3.05, 3.63) is 54.1 Å². The van der Waals surface area contributed by atoms with Crippen molar-refractivity contribution >= 4 is 23.6 Å². The summed E-state index contributed by atoms with van der Waals surface area (Å²) in [6.45, 7) is 2.28. The van der Waals surface area contributed by atoms with Crippen molar-refractivity contribution in [1.82, 2.24) is 25.5 Å². The molecule has 33 heavy (non-hydrogen) atoms. The molecule has 0 radical (unpaired) electrons. The van der Waals surface area contributed by atoms with E-state index in [4.69, 9.17) is 0 Å². The number of aromatic amines is 1. The largest absolute Gasteiger partial charge is 0.480 e. The average molecular weight is 468 g/mol. The molecule has 9 heteroatoms. The van der Waals surface area contributed by atoms with Gasteiger partial charge in [0.05, 0.1) is 0 Å². The summed E-state index contributed by atoms with van der Waals surface area (Å²) in [4.78, 5) is 26.4. The zero-order chi connectivity index (χ0) is 23.6. The van der Waals surface area contributed by atoms with Gasteiger partial charge in [0.1, 0.15) is 6.04 Å².